The summed E-state index contributed by atoms with van der Waals surface area (Å²) in [5.41, 5.74) is 2.89. The Balaban J connectivity index is 1.72. The number of benzene rings is 2. The van der Waals surface area contributed by atoms with Crippen LogP contribution in [0.5, 0.6) is 0 Å². The van der Waals surface area contributed by atoms with Gasteiger partial charge in [0.25, 0.3) is 11.8 Å². The summed E-state index contributed by atoms with van der Waals surface area (Å²) in [5.74, 6) is -0.655. The van der Waals surface area contributed by atoms with Crippen LogP contribution in [0, 0.1) is 6.92 Å². The monoisotopic (exact) mass is 393 g/mol. The Labute approximate surface area is 169 Å². The van der Waals surface area contributed by atoms with E-state index in [-0.39, 0.29) is 17.3 Å². The molecule has 0 unspecified atom stereocenters. The van der Waals surface area contributed by atoms with Crippen molar-refractivity contribution in [1.82, 2.24) is 9.88 Å². The minimum absolute atomic E-state index is 0.163. The number of amides is 2. The van der Waals surface area contributed by atoms with Gasteiger partial charge < -0.3 is 10.2 Å². The van der Waals surface area contributed by atoms with E-state index >= 15 is 0 Å². The second-order valence-electron chi connectivity index (χ2n) is 6.47. The highest BCUT2D eigenvalue weighted by Gasteiger charge is 2.16. The standard InChI is InChI=1S/C22H20ClN3O2/c1-15-11-12-17(13-18(15)23)24-21(27)19-9-6-10-20(25-19)22(28)26(2)14-16-7-4-3-5-8-16/h3-13H,14H2,1-2H3,(H,24,27). The summed E-state index contributed by atoms with van der Waals surface area (Å²) in [6.45, 7) is 2.34. The van der Waals surface area contributed by atoms with Crippen LogP contribution in [0.25, 0.3) is 0 Å². The molecule has 0 saturated heterocycles. The van der Waals surface area contributed by atoms with Crippen LogP contribution in [-0.2, 0) is 6.54 Å². The van der Waals surface area contributed by atoms with Gasteiger partial charge in [-0.2, -0.15) is 0 Å². The van der Waals surface area contributed by atoms with E-state index in [4.69, 9.17) is 11.6 Å². The van der Waals surface area contributed by atoms with Crippen LogP contribution < -0.4 is 5.32 Å². The van der Waals surface area contributed by atoms with Crippen molar-refractivity contribution in [2.45, 2.75) is 13.5 Å². The number of aryl methyl sites for hydroxylation is 1. The average molecular weight is 394 g/mol. The van der Waals surface area contributed by atoms with E-state index in [0.29, 0.717) is 17.3 Å². The number of hydrogen-bond acceptors (Lipinski definition) is 3. The minimum atomic E-state index is -0.403. The molecule has 0 spiro atoms. The number of pyridine rings is 1. The highest BCUT2D eigenvalue weighted by molar-refractivity contribution is 6.31. The van der Waals surface area contributed by atoms with E-state index in [0.717, 1.165) is 11.1 Å². The maximum Gasteiger partial charge on any atom is 0.274 e. The van der Waals surface area contributed by atoms with Gasteiger partial charge in [-0.1, -0.05) is 54.1 Å². The smallest absolute Gasteiger partial charge is 0.274 e. The Bertz CT molecular complexity index is 1010. The summed E-state index contributed by atoms with van der Waals surface area (Å²) in [5, 5.41) is 3.32. The fourth-order valence-corrected chi connectivity index (χ4v) is 2.85. The van der Waals surface area contributed by atoms with Gasteiger partial charge in [-0.3, -0.25) is 9.59 Å². The van der Waals surface area contributed by atoms with E-state index in [1.165, 1.54) is 0 Å². The third kappa shape index (κ3) is 4.75. The second-order valence-corrected chi connectivity index (χ2v) is 6.88. The Morgan fingerprint density at radius 1 is 1.00 bits per heavy atom. The van der Waals surface area contributed by atoms with E-state index in [2.05, 4.69) is 10.3 Å². The van der Waals surface area contributed by atoms with Crippen molar-refractivity contribution in [3.05, 3.63) is 94.3 Å². The maximum absolute atomic E-state index is 12.7. The zero-order valence-corrected chi connectivity index (χ0v) is 16.4. The molecule has 5 nitrogen and oxygen atoms in total. The minimum Gasteiger partial charge on any atom is -0.336 e. The van der Waals surface area contributed by atoms with Crippen LogP contribution in [0.2, 0.25) is 5.02 Å². The Morgan fingerprint density at radius 2 is 1.71 bits per heavy atom. The molecule has 0 bridgehead atoms. The Kier molecular flexibility index (Phi) is 6.06. The van der Waals surface area contributed by atoms with Crippen molar-refractivity contribution in [2.75, 3.05) is 12.4 Å². The van der Waals surface area contributed by atoms with Crippen LogP contribution in [0.15, 0.2) is 66.7 Å². The van der Waals surface area contributed by atoms with Crippen LogP contribution in [-0.4, -0.2) is 28.7 Å². The lowest BCUT2D eigenvalue weighted by molar-refractivity contribution is 0.0779. The largest absolute Gasteiger partial charge is 0.336 e. The maximum atomic E-state index is 12.7. The molecule has 0 saturated carbocycles. The van der Waals surface area contributed by atoms with Gasteiger partial charge in [-0.25, -0.2) is 4.98 Å². The molecular weight excluding hydrogens is 374 g/mol. The molecular formula is C22H20ClN3O2. The number of anilines is 1. The zero-order valence-electron chi connectivity index (χ0n) is 15.6. The van der Waals surface area contributed by atoms with Crippen molar-refractivity contribution in [1.29, 1.82) is 0 Å². The summed E-state index contributed by atoms with van der Waals surface area (Å²) in [4.78, 5) is 31.0. The van der Waals surface area contributed by atoms with Crippen molar-refractivity contribution >= 4 is 29.1 Å². The van der Waals surface area contributed by atoms with Gasteiger partial charge in [0.05, 0.1) is 0 Å². The second kappa shape index (κ2) is 8.67. The number of carbonyl (C=O) groups is 2. The quantitative estimate of drug-likeness (QED) is 0.690. The van der Waals surface area contributed by atoms with Gasteiger partial charge in [0.2, 0.25) is 0 Å². The van der Waals surface area contributed by atoms with E-state index in [1.807, 2.05) is 43.3 Å². The molecule has 0 aliphatic carbocycles. The number of nitrogens with one attached hydrogen (secondary N) is 1. The number of carbonyl (C=O) groups excluding carboxylic acids is 2. The van der Waals surface area contributed by atoms with Crippen molar-refractivity contribution in [2.24, 2.45) is 0 Å². The molecule has 0 atom stereocenters. The average Bonchev–Trinajstić information content (AvgIpc) is 2.71. The molecule has 3 rings (SSSR count). The fourth-order valence-electron chi connectivity index (χ4n) is 2.67. The molecule has 28 heavy (non-hydrogen) atoms. The molecule has 0 aliphatic rings. The lowest BCUT2D eigenvalue weighted by atomic mass is 10.2. The first kappa shape index (κ1) is 19.6. The molecule has 0 aliphatic heterocycles. The van der Waals surface area contributed by atoms with E-state index in [1.54, 1.807) is 42.3 Å². The molecule has 1 N–H and O–H groups in total. The van der Waals surface area contributed by atoms with Gasteiger partial charge in [0, 0.05) is 24.3 Å². The first-order valence-electron chi connectivity index (χ1n) is 8.78. The zero-order chi connectivity index (χ0) is 20.1. The third-order valence-electron chi connectivity index (χ3n) is 4.24. The molecule has 1 aromatic heterocycles. The predicted molar refractivity (Wildman–Crippen MR) is 111 cm³/mol. The molecule has 1 heterocycles. The van der Waals surface area contributed by atoms with Crippen LogP contribution in [0.1, 0.15) is 32.1 Å². The van der Waals surface area contributed by atoms with Gasteiger partial charge in [0.1, 0.15) is 11.4 Å². The SMILES string of the molecule is Cc1ccc(NC(=O)c2cccc(C(=O)N(C)Cc3ccccc3)n2)cc1Cl. The number of aromatic nitrogens is 1. The highest BCUT2D eigenvalue weighted by atomic mass is 35.5. The summed E-state index contributed by atoms with van der Waals surface area (Å²) in [6.07, 6.45) is 0. The van der Waals surface area contributed by atoms with Gasteiger partial charge >= 0.3 is 0 Å². The van der Waals surface area contributed by atoms with Crippen LogP contribution in [0.3, 0.4) is 0 Å². The lowest BCUT2D eigenvalue weighted by Crippen LogP contribution is -2.27. The molecule has 0 fully saturated rings. The first-order chi connectivity index (χ1) is 13.4. The first-order valence-corrected chi connectivity index (χ1v) is 9.16. The number of nitrogens with zero attached hydrogens (tertiary/aromatic N) is 2. The normalized spacial score (nSPS) is 10.4. The number of halogens is 1. The molecule has 0 radical (unpaired) electrons. The number of hydrogen-bond donors (Lipinski definition) is 1. The topological polar surface area (TPSA) is 62.3 Å². The van der Waals surface area contributed by atoms with E-state index in [9.17, 15) is 9.59 Å². The van der Waals surface area contributed by atoms with E-state index < -0.39 is 5.91 Å². The fraction of sp³-hybridized carbons (Fsp3) is 0.136. The van der Waals surface area contributed by atoms with Crippen LogP contribution in [0.4, 0.5) is 5.69 Å². The molecule has 3 aromatic rings. The van der Waals surface area contributed by atoms with Crippen molar-refractivity contribution < 1.29 is 9.59 Å². The van der Waals surface area contributed by atoms with Crippen molar-refractivity contribution in [3.8, 4) is 0 Å². The molecule has 6 heteroatoms. The van der Waals surface area contributed by atoms with Gasteiger partial charge in [-0.15, -0.1) is 0 Å². The Hall–Kier alpha value is -3.18. The number of rotatable bonds is 5. The Morgan fingerprint density at radius 3 is 2.43 bits per heavy atom. The summed E-state index contributed by atoms with van der Waals surface area (Å²) >= 11 is 6.09. The highest BCUT2D eigenvalue weighted by Crippen LogP contribution is 2.20. The summed E-state index contributed by atoms with van der Waals surface area (Å²) < 4.78 is 0. The molecule has 142 valence electrons. The molecule has 2 amide bonds. The summed E-state index contributed by atoms with van der Waals surface area (Å²) in [7, 11) is 1.71. The summed E-state index contributed by atoms with van der Waals surface area (Å²) in [6, 6.07) is 19.8. The van der Waals surface area contributed by atoms with Gasteiger partial charge in [0.15, 0.2) is 0 Å². The third-order valence-corrected chi connectivity index (χ3v) is 4.65. The predicted octanol–water partition coefficient (Wildman–Crippen LogP) is 4.57. The lowest BCUT2D eigenvalue weighted by Gasteiger charge is -2.17. The van der Waals surface area contributed by atoms with Crippen LogP contribution >= 0.6 is 11.6 Å². The van der Waals surface area contributed by atoms with Crippen molar-refractivity contribution in [3.63, 3.8) is 0 Å². The van der Waals surface area contributed by atoms with Gasteiger partial charge in [-0.05, 0) is 42.3 Å². The molecule has 2 aromatic carbocycles.